The van der Waals surface area contributed by atoms with Gasteiger partial charge in [-0.1, -0.05) is 20.4 Å². The van der Waals surface area contributed by atoms with Crippen molar-refractivity contribution >= 4 is 55.5 Å². The number of carbonyl (C=O) groups excluding carboxylic acids is 1. The summed E-state index contributed by atoms with van der Waals surface area (Å²) < 4.78 is 39.6. The van der Waals surface area contributed by atoms with E-state index in [4.69, 9.17) is 4.98 Å². The van der Waals surface area contributed by atoms with Crippen LogP contribution in [0.25, 0.3) is 10.9 Å². The highest BCUT2D eigenvalue weighted by Crippen LogP contribution is 2.42. The zero-order valence-electron chi connectivity index (χ0n) is 29.6. The molecule has 6 rings (SSSR count). The molecule has 3 N–H and O–H groups in total. The first-order chi connectivity index (χ1) is 23.6. The molecule has 0 saturated carbocycles. The molecule has 14 heteroatoms. The lowest BCUT2D eigenvalue weighted by molar-refractivity contribution is -0.111. The number of nitrogens with zero attached hydrogens (tertiary/aromatic N) is 6. The van der Waals surface area contributed by atoms with Gasteiger partial charge in [0.05, 0.1) is 29.1 Å². The smallest absolute Gasteiger partial charge is 0.247 e. The topological polar surface area (TPSA) is 144 Å². The van der Waals surface area contributed by atoms with E-state index in [0.29, 0.717) is 74.1 Å². The van der Waals surface area contributed by atoms with Crippen LogP contribution >= 0.6 is 0 Å². The molecule has 3 aromatic rings. The largest absolute Gasteiger partial charge is 0.390 e. The molecule has 1 amide bonds. The SMILES string of the molecule is C=CC(=O)Nc1cc(N2C[C@H](CS(C)(=O)=O)[C@H]2C)c2cnc(Nc3ccnc(N4CC[C@@H](N5CCC(C)(O)CC5)[C@@H](F)C4)c3)nc2c1C(C)C. The van der Waals surface area contributed by atoms with Crippen LogP contribution in [0.4, 0.5) is 33.2 Å². The second-order valence-corrected chi connectivity index (χ2v) is 17.0. The monoisotopic (exact) mass is 708 g/mol. The minimum absolute atomic E-state index is 0.0107. The first kappa shape index (κ1) is 35.9. The molecular formula is C36H49FN8O4S. The van der Waals surface area contributed by atoms with E-state index < -0.39 is 21.6 Å². The standard InChI is InChI=1S/C36H49FN8O4S/c1-7-32(46)41-28-17-30(45-19-24(23(45)4)21-50(6,48)49)26-18-39-35(42-34(26)33(28)22(2)3)40-25-8-12-38-31(16-25)44-13-9-29(27(37)20-44)43-14-10-36(5,47)11-15-43/h7-8,12,16-18,22-24,27,29,47H,1,9-11,13-15,19-21H2,2-6H3,(H,41,46)(H,38,39,40,42)/t23-,24-,27+,29-/m1/s1. The molecule has 12 nitrogen and oxygen atoms in total. The first-order valence-electron chi connectivity index (χ1n) is 17.4. The van der Waals surface area contributed by atoms with E-state index in [2.05, 4.69) is 37.0 Å². The predicted octanol–water partition coefficient (Wildman–Crippen LogP) is 4.65. The van der Waals surface area contributed by atoms with Gasteiger partial charge >= 0.3 is 0 Å². The number of sulfone groups is 1. The number of pyridine rings is 1. The molecule has 0 spiro atoms. The Hall–Kier alpha value is -3.88. The number of anilines is 5. The average Bonchev–Trinajstić information content (AvgIpc) is 3.05. The van der Waals surface area contributed by atoms with Gasteiger partial charge in [0.1, 0.15) is 21.8 Å². The maximum atomic E-state index is 15.6. The van der Waals surface area contributed by atoms with Gasteiger partial charge in [0, 0.05) is 91.2 Å². The molecule has 0 bridgehead atoms. The van der Waals surface area contributed by atoms with Gasteiger partial charge in [-0.2, -0.15) is 0 Å². The number of alkyl halides is 1. The fraction of sp³-hybridized carbons (Fsp3) is 0.556. The minimum atomic E-state index is -3.13. The number of hydrogen-bond donors (Lipinski definition) is 3. The van der Waals surface area contributed by atoms with Crippen LogP contribution in [0.2, 0.25) is 0 Å². The van der Waals surface area contributed by atoms with E-state index in [1.807, 2.05) is 50.8 Å². The fourth-order valence-corrected chi connectivity index (χ4v) is 8.76. The Kier molecular flexibility index (Phi) is 10.1. The number of carbonyl (C=O) groups is 1. The van der Waals surface area contributed by atoms with Crippen LogP contribution in [-0.4, -0.2) is 108 Å². The summed E-state index contributed by atoms with van der Waals surface area (Å²) in [5.41, 5.74) is 2.97. The summed E-state index contributed by atoms with van der Waals surface area (Å²) in [5.74, 6) is 0.752. The number of halogens is 1. The van der Waals surface area contributed by atoms with Gasteiger partial charge in [-0.3, -0.25) is 9.69 Å². The number of aliphatic hydroxyl groups is 1. The van der Waals surface area contributed by atoms with Crippen molar-refractivity contribution in [2.45, 2.75) is 76.7 Å². The van der Waals surface area contributed by atoms with Gasteiger partial charge in [0.25, 0.3) is 0 Å². The normalized spacial score (nSPS) is 24.2. The van der Waals surface area contributed by atoms with Gasteiger partial charge < -0.3 is 25.5 Å². The second kappa shape index (κ2) is 14.0. The number of hydrogen-bond acceptors (Lipinski definition) is 11. The molecule has 0 unspecified atom stereocenters. The van der Waals surface area contributed by atoms with Crippen molar-refractivity contribution in [3.05, 3.63) is 48.8 Å². The quantitative estimate of drug-likeness (QED) is 0.253. The Morgan fingerprint density at radius 2 is 1.94 bits per heavy atom. The molecule has 3 aliphatic heterocycles. The van der Waals surface area contributed by atoms with Crippen LogP contribution in [0, 0.1) is 5.92 Å². The van der Waals surface area contributed by atoms with E-state index in [1.54, 1.807) is 12.4 Å². The molecule has 0 aliphatic carbocycles. The summed E-state index contributed by atoms with van der Waals surface area (Å²) in [5, 5.41) is 17.4. The van der Waals surface area contributed by atoms with Crippen molar-refractivity contribution < 1.29 is 22.7 Å². The summed E-state index contributed by atoms with van der Waals surface area (Å²) in [7, 11) is -3.13. The third kappa shape index (κ3) is 7.71. The van der Waals surface area contributed by atoms with Crippen molar-refractivity contribution in [3.63, 3.8) is 0 Å². The molecule has 1 aromatic carbocycles. The molecule has 5 heterocycles. The third-order valence-corrected chi connectivity index (χ3v) is 11.6. The molecule has 50 heavy (non-hydrogen) atoms. The maximum Gasteiger partial charge on any atom is 0.247 e. The Balaban J connectivity index is 1.26. The Morgan fingerprint density at radius 3 is 2.58 bits per heavy atom. The number of aromatic nitrogens is 3. The predicted molar refractivity (Wildman–Crippen MR) is 197 cm³/mol. The Labute approximate surface area is 294 Å². The average molecular weight is 709 g/mol. The van der Waals surface area contributed by atoms with E-state index >= 15 is 4.39 Å². The zero-order valence-corrected chi connectivity index (χ0v) is 30.4. The van der Waals surface area contributed by atoms with Crippen molar-refractivity contribution in [3.8, 4) is 0 Å². The van der Waals surface area contributed by atoms with Crippen molar-refractivity contribution in [1.82, 2.24) is 19.9 Å². The van der Waals surface area contributed by atoms with Crippen LogP contribution in [0.1, 0.15) is 58.4 Å². The third-order valence-electron chi connectivity index (χ3n) is 10.5. The number of nitrogens with one attached hydrogen (secondary N) is 2. The van der Waals surface area contributed by atoms with Crippen LogP contribution in [0.3, 0.4) is 0 Å². The number of fused-ring (bicyclic) bond motifs is 1. The van der Waals surface area contributed by atoms with Crippen molar-refractivity contribution in [1.29, 1.82) is 0 Å². The Morgan fingerprint density at radius 1 is 1.20 bits per heavy atom. The van der Waals surface area contributed by atoms with Gasteiger partial charge in [-0.15, -0.1) is 0 Å². The summed E-state index contributed by atoms with van der Waals surface area (Å²) in [4.78, 5) is 33.0. The van der Waals surface area contributed by atoms with Gasteiger partial charge in [-0.25, -0.2) is 27.8 Å². The number of amides is 1. The number of likely N-dealkylation sites (tertiary alicyclic amines) is 1. The molecule has 3 fully saturated rings. The summed E-state index contributed by atoms with van der Waals surface area (Å²) in [6.45, 7) is 14.4. The Bertz CT molecular complexity index is 1860. The van der Waals surface area contributed by atoms with Gasteiger partial charge in [0.15, 0.2) is 0 Å². The lowest BCUT2D eigenvalue weighted by atomic mass is 9.89. The van der Waals surface area contributed by atoms with E-state index in [1.165, 1.54) is 12.3 Å². The van der Waals surface area contributed by atoms with Gasteiger partial charge in [-0.05, 0) is 57.2 Å². The van der Waals surface area contributed by atoms with Crippen LogP contribution in [-0.2, 0) is 14.6 Å². The molecule has 3 saturated heterocycles. The zero-order chi connectivity index (χ0) is 36.0. The highest BCUT2D eigenvalue weighted by atomic mass is 32.2. The molecule has 270 valence electrons. The fourth-order valence-electron chi connectivity index (χ4n) is 7.60. The van der Waals surface area contributed by atoms with E-state index in [-0.39, 0.29) is 42.1 Å². The second-order valence-electron chi connectivity index (χ2n) is 14.8. The summed E-state index contributed by atoms with van der Waals surface area (Å²) in [6, 6.07) is 5.40. The molecule has 2 aromatic heterocycles. The van der Waals surface area contributed by atoms with E-state index in [0.717, 1.165) is 16.6 Å². The molecule has 3 aliphatic rings. The van der Waals surface area contributed by atoms with Crippen LogP contribution in [0.15, 0.2) is 43.2 Å². The maximum absolute atomic E-state index is 15.6. The number of benzene rings is 1. The van der Waals surface area contributed by atoms with Gasteiger partial charge in [0.2, 0.25) is 11.9 Å². The van der Waals surface area contributed by atoms with Crippen LogP contribution < -0.4 is 20.4 Å². The lowest BCUT2D eigenvalue weighted by Gasteiger charge is -2.48. The highest BCUT2D eigenvalue weighted by Gasteiger charge is 2.40. The molecule has 4 atom stereocenters. The summed E-state index contributed by atoms with van der Waals surface area (Å²) >= 11 is 0. The highest BCUT2D eigenvalue weighted by molar-refractivity contribution is 7.90. The summed E-state index contributed by atoms with van der Waals surface area (Å²) in [6.07, 6.45) is 6.88. The van der Waals surface area contributed by atoms with Crippen LogP contribution in [0.5, 0.6) is 0 Å². The lowest BCUT2D eigenvalue weighted by Crippen LogP contribution is -2.57. The van der Waals surface area contributed by atoms with E-state index in [9.17, 15) is 18.3 Å². The molecule has 0 radical (unpaired) electrons. The minimum Gasteiger partial charge on any atom is -0.390 e. The van der Waals surface area contributed by atoms with Crippen molar-refractivity contribution in [2.75, 3.05) is 65.2 Å². The first-order valence-corrected chi connectivity index (χ1v) is 19.5. The van der Waals surface area contributed by atoms with Crippen molar-refractivity contribution in [2.24, 2.45) is 5.92 Å². The number of piperidine rings is 2. The molecular weight excluding hydrogens is 660 g/mol. The number of rotatable bonds is 10.